The Hall–Kier alpha value is -3.08. The molecule has 0 aliphatic heterocycles. The number of hydroxylamine groups is 1. The van der Waals surface area contributed by atoms with Gasteiger partial charge < -0.3 is 0 Å². The van der Waals surface area contributed by atoms with Crippen molar-refractivity contribution in [2.24, 2.45) is 5.14 Å². The highest BCUT2D eigenvalue weighted by molar-refractivity contribution is 7.89. The van der Waals surface area contributed by atoms with Crippen LogP contribution in [0.15, 0.2) is 53.4 Å². The number of hydrogen-bond acceptors (Lipinski definition) is 5. The van der Waals surface area contributed by atoms with E-state index >= 15 is 0 Å². The van der Waals surface area contributed by atoms with Crippen LogP contribution in [-0.2, 0) is 21.2 Å². The third-order valence-electron chi connectivity index (χ3n) is 4.60. The number of nitrogens with one attached hydrogen (secondary N) is 1. The van der Waals surface area contributed by atoms with Crippen molar-refractivity contribution in [3.63, 3.8) is 0 Å². The lowest BCUT2D eigenvalue weighted by molar-refractivity contribution is -0.129. The quantitative estimate of drug-likeness (QED) is 0.390. The molecular formula is C20H21FN4O4S. The van der Waals surface area contributed by atoms with Crippen LogP contribution < -0.4 is 10.6 Å². The predicted octanol–water partition coefficient (Wildman–Crippen LogP) is 2.46. The summed E-state index contributed by atoms with van der Waals surface area (Å²) in [6, 6.07) is 12.5. The Bertz CT molecular complexity index is 1170. The van der Waals surface area contributed by atoms with E-state index in [1.807, 2.05) is 0 Å². The van der Waals surface area contributed by atoms with Gasteiger partial charge in [-0.2, -0.15) is 5.10 Å². The van der Waals surface area contributed by atoms with Crippen molar-refractivity contribution in [2.75, 3.05) is 0 Å². The highest BCUT2D eigenvalue weighted by atomic mass is 32.2. The lowest BCUT2D eigenvalue weighted by Gasteiger charge is -2.09. The fraction of sp³-hybridized carbons (Fsp3) is 0.200. The normalized spacial score (nSPS) is 11.5. The van der Waals surface area contributed by atoms with Gasteiger partial charge >= 0.3 is 0 Å². The highest BCUT2D eigenvalue weighted by Gasteiger charge is 2.15. The van der Waals surface area contributed by atoms with Gasteiger partial charge in [0.25, 0.3) is 0 Å². The van der Waals surface area contributed by atoms with Crippen LogP contribution >= 0.6 is 0 Å². The first kappa shape index (κ1) is 21.6. The van der Waals surface area contributed by atoms with E-state index < -0.39 is 15.9 Å². The van der Waals surface area contributed by atoms with Gasteiger partial charge in [0.1, 0.15) is 5.82 Å². The number of amides is 1. The standard InChI is InChI=1S/C20H21FN4O4S/c1-13-5-6-14(11-18(13)21)19-12-15(3-2-4-20(26)24-27)23-25(19)16-7-9-17(10-8-16)30(22,28)29/h5-12,27H,2-4H2,1H3,(H,24,26)(H2,22,28,29). The van der Waals surface area contributed by atoms with Crippen LogP contribution in [0.25, 0.3) is 16.9 Å². The summed E-state index contributed by atoms with van der Waals surface area (Å²) in [6.45, 7) is 1.67. The maximum absolute atomic E-state index is 14.1. The van der Waals surface area contributed by atoms with E-state index in [2.05, 4.69) is 5.10 Å². The number of nitrogens with two attached hydrogens (primary N) is 1. The third kappa shape index (κ3) is 4.90. The summed E-state index contributed by atoms with van der Waals surface area (Å²) in [4.78, 5) is 11.2. The van der Waals surface area contributed by atoms with Gasteiger partial charge in [-0.15, -0.1) is 0 Å². The minimum absolute atomic E-state index is 0.0309. The van der Waals surface area contributed by atoms with Crippen LogP contribution in [0.4, 0.5) is 4.39 Å². The van der Waals surface area contributed by atoms with Crippen molar-refractivity contribution in [1.29, 1.82) is 0 Å². The molecule has 3 rings (SSSR count). The van der Waals surface area contributed by atoms with E-state index in [1.54, 1.807) is 47.4 Å². The summed E-state index contributed by atoms with van der Waals surface area (Å²) in [7, 11) is -3.83. The fourth-order valence-electron chi connectivity index (χ4n) is 2.97. The van der Waals surface area contributed by atoms with Gasteiger partial charge in [0.05, 0.1) is 22.0 Å². The van der Waals surface area contributed by atoms with Gasteiger partial charge in [-0.05, 0) is 61.7 Å². The molecular weight excluding hydrogens is 411 g/mol. The zero-order chi connectivity index (χ0) is 21.9. The molecule has 0 fully saturated rings. The molecule has 0 aliphatic carbocycles. The number of carbonyl (C=O) groups is 1. The first-order chi connectivity index (χ1) is 14.2. The van der Waals surface area contributed by atoms with Crippen molar-refractivity contribution >= 4 is 15.9 Å². The molecule has 0 saturated heterocycles. The molecule has 0 unspecified atom stereocenters. The number of primary sulfonamides is 1. The maximum Gasteiger partial charge on any atom is 0.243 e. The number of aryl methyl sites for hydroxylation is 2. The van der Waals surface area contributed by atoms with Crippen LogP contribution in [0.3, 0.4) is 0 Å². The second-order valence-electron chi connectivity index (χ2n) is 6.82. The Morgan fingerprint density at radius 1 is 1.20 bits per heavy atom. The van der Waals surface area contributed by atoms with E-state index in [0.29, 0.717) is 41.0 Å². The minimum atomic E-state index is -3.83. The van der Waals surface area contributed by atoms with E-state index in [0.717, 1.165) is 0 Å². The Balaban J connectivity index is 2.00. The molecule has 30 heavy (non-hydrogen) atoms. The largest absolute Gasteiger partial charge is 0.289 e. The SMILES string of the molecule is Cc1ccc(-c2cc(CCCC(=O)NO)nn2-c2ccc(S(N)(=O)=O)cc2)cc1F. The van der Waals surface area contributed by atoms with E-state index in [-0.39, 0.29) is 17.1 Å². The lowest BCUT2D eigenvalue weighted by Crippen LogP contribution is -2.18. The average Bonchev–Trinajstić information content (AvgIpc) is 3.13. The average molecular weight is 432 g/mol. The van der Waals surface area contributed by atoms with Gasteiger partial charge in [0.15, 0.2) is 0 Å². The fourth-order valence-corrected chi connectivity index (χ4v) is 3.49. The molecule has 1 heterocycles. The van der Waals surface area contributed by atoms with Crippen LogP contribution in [0, 0.1) is 12.7 Å². The van der Waals surface area contributed by atoms with Crippen molar-refractivity contribution in [2.45, 2.75) is 31.1 Å². The summed E-state index contributed by atoms with van der Waals surface area (Å²) in [6.07, 6.45) is 1.04. The smallest absolute Gasteiger partial charge is 0.243 e. The summed E-state index contributed by atoms with van der Waals surface area (Å²) < 4.78 is 38.7. The molecule has 8 nitrogen and oxygen atoms in total. The Morgan fingerprint density at radius 3 is 2.50 bits per heavy atom. The van der Waals surface area contributed by atoms with Gasteiger partial charge in [-0.3, -0.25) is 10.0 Å². The molecule has 0 bridgehead atoms. The molecule has 10 heteroatoms. The van der Waals surface area contributed by atoms with Crippen molar-refractivity contribution in [1.82, 2.24) is 15.3 Å². The third-order valence-corrected chi connectivity index (χ3v) is 5.53. The molecule has 2 aromatic carbocycles. The number of halogens is 1. The molecule has 0 radical (unpaired) electrons. The molecule has 3 aromatic rings. The topological polar surface area (TPSA) is 127 Å². The zero-order valence-corrected chi connectivity index (χ0v) is 17.0. The first-order valence-electron chi connectivity index (χ1n) is 9.10. The first-order valence-corrected chi connectivity index (χ1v) is 10.7. The van der Waals surface area contributed by atoms with Crippen molar-refractivity contribution in [3.05, 3.63) is 65.6 Å². The zero-order valence-electron chi connectivity index (χ0n) is 16.2. The van der Waals surface area contributed by atoms with Crippen LogP contribution in [0.5, 0.6) is 0 Å². The van der Waals surface area contributed by atoms with Gasteiger partial charge in [-0.25, -0.2) is 28.1 Å². The molecule has 1 amide bonds. The van der Waals surface area contributed by atoms with E-state index in [1.165, 1.54) is 18.2 Å². The molecule has 0 saturated carbocycles. The minimum Gasteiger partial charge on any atom is -0.289 e. The number of benzene rings is 2. The van der Waals surface area contributed by atoms with Crippen molar-refractivity contribution in [3.8, 4) is 16.9 Å². The number of sulfonamides is 1. The monoisotopic (exact) mass is 432 g/mol. The lowest BCUT2D eigenvalue weighted by atomic mass is 10.1. The number of rotatable bonds is 7. The molecule has 1 aromatic heterocycles. The Morgan fingerprint density at radius 2 is 1.90 bits per heavy atom. The summed E-state index contributed by atoms with van der Waals surface area (Å²) in [5, 5.41) is 18.3. The Labute approximate surface area is 173 Å². The summed E-state index contributed by atoms with van der Waals surface area (Å²) in [5.41, 5.74) is 4.53. The Kier molecular flexibility index (Phi) is 6.30. The van der Waals surface area contributed by atoms with E-state index in [4.69, 9.17) is 10.3 Å². The molecule has 0 atom stereocenters. The second kappa shape index (κ2) is 8.74. The number of carbonyl (C=O) groups excluding carboxylic acids is 1. The molecule has 0 aliphatic rings. The van der Waals surface area contributed by atoms with Gasteiger partial charge in [0.2, 0.25) is 15.9 Å². The summed E-state index contributed by atoms with van der Waals surface area (Å²) >= 11 is 0. The number of aromatic nitrogens is 2. The number of hydrogen-bond donors (Lipinski definition) is 3. The predicted molar refractivity (Wildman–Crippen MR) is 108 cm³/mol. The molecule has 158 valence electrons. The maximum atomic E-state index is 14.1. The van der Waals surface area contributed by atoms with Gasteiger partial charge in [-0.1, -0.05) is 12.1 Å². The second-order valence-corrected chi connectivity index (χ2v) is 8.39. The van der Waals surface area contributed by atoms with Crippen LogP contribution in [0.1, 0.15) is 24.1 Å². The van der Waals surface area contributed by atoms with Crippen LogP contribution in [-0.4, -0.2) is 29.3 Å². The van der Waals surface area contributed by atoms with Gasteiger partial charge in [0, 0.05) is 12.0 Å². The summed E-state index contributed by atoms with van der Waals surface area (Å²) in [5.74, 6) is -0.847. The van der Waals surface area contributed by atoms with Crippen LogP contribution in [0.2, 0.25) is 0 Å². The van der Waals surface area contributed by atoms with Crippen molar-refractivity contribution < 1.29 is 22.8 Å². The van der Waals surface area contributed by atoms with E-state index in [9.17, 15) is 17.6 Å². The number of nitrogens with zero attached hydrogens (tertiary/aromatic N) is 2. The molecule has 4 N–H and O–H groups in total. The highest BCUT2D eigenvalue weighted by Crippen LogP contribution is 2.27. The molecule has 0 spiro atoms.